The second-order valence-electron chi connectivity index (χ2n) is 6.20. The van der Waals surface area contributed by atoms with Crippen molar-refractivity contribution in [1.29, 1.82) is 0 Å². The Hall–Kier alpha value is -2.10. The average molecular weight is 302 g/mol. The Bertz CT molecular complexity index is 697. The second-order valence-corrected chi connectivity index (χ2v) is 6.20. The van der Waals surface area contributed by atoms with Gasteiger partial charge in [0.05, 0.1) is 25.4 Å². The molecule has 2 rings (SSSR count). The summed E-state index contributed by atoms with van der Waals surface area (Å²) in [5.74, 6) is -1.03. The van der Waals surface area contributed by atoms with E-state index in [-0.39, 0.29) is 11.0 Å². The van der Waals surface area contributed by atoms with Gasteiger partial charge in [-0.1, -0.05) is 19.4 Å². The normalized spacial score (nSPS) is 20.0. The smallest absolute Gasteiger partial charge is 0.339 e. The van der Waals surface area contributed by atoms with Gasteiger partial charge in [0.1, 0.15) is 0 Å². The molecule has 0 amide bonds. The quantitative estimate of drug-likeness (QED) is 0.735. The molecule has 0 N–H and O–H groups in total. The first-order chi connectivity index (χ1) is 10.2. The number of hydrogen-bond acceptors (Lipinski definition) is 4. The minimum atomic E-state index is -0.520. The number of esters is 2. The van der Waals surface area contributed by atoms with Crippen LogP contribution in [0.5, 0.6) is 0 Å². The molecule has 0 aromatic carbocycles. The predicted octanol–water partition coefficient (Wildman–Crippen LogP) is 3.26. The van der Waals surface area contributed by atoms with Gasteiger partial charge in [0.15, 0.2) is 0 Å². The van der Waals surface area contributed by atoms with E-state index in [2.05, 4.69) is 20.8 Å². The van der Waals surface area contributed by atoms with Gasteiger partial charge in [0, 0.05) is 5.41 Å². The minimum absolute atomic E-state index is 0.256. The van der Waals surface area contributed by atoms with Crippen LogP contribution < -0.4 is 0 Å². The molecule has 0 bridgehead atoms. The molecule has 0 spiro atoms. The molecule has 0 aliphatic heterocycles. The van der Waals surface area contributed by atoms with Gasteiger partial charge in [-0.05, 0) is 49.1 Å². The van der Waals surface area contributed by atoms with Crippen LogP contribution in [0.1, 0.15) is 34.6 Å². The third kappa shape index (κ3) is 2.05. The molecular weight excluding hydrogens is 280 g/mol. The Morgan fingerprint density at radius 1 is 0.955 bits per heavy atom. The lowest BCUT2D eigenvalue weighted by Crippen LogP contribution is -2.24. The third-order valence-electron chi connectivity index (χ3n) is 4.98. The average Bonchev–Trinajstić information content (AvgIpc) is 2.91. The number of allylic oxidation sites excluding steroid dienone is 4. The first-order valence-electron chi connectivity index (χ1n) is 7.21. The van der Waals surface area contributed by atoms with Crippen molar-refractivity contribution in [3.05, 3.63) is 45.1 Å². The monoisotopic (exact) mass is 302 g/mol. The van der Waals surface area contributed by atoms with Crippen molar-refractivity contribution >= 4 is 11.9 Å². The lowest BCUT2D eigenvalue weighted by atomic mass is 9.67. The van der Waals surface area contributed by atoms with Crippen molar-refractivity contribution in [2.45, 2.75) is 34.6 Å². The van der Waals surface area contributed by atoms with Crippen LogP contribution in [0.25, 0.3) is 0 Å². The number of hydrogen-bond donors (Lipinski definition) is 0. The van der Waals surface area contributed by atoms with Crippen molar-refractivity contribution in [3.8, 4) is 0 Å². The Morgan fingerprint density at radius 2 is 1.50 bits per heavy atom. The van der Waals surface area contributed by atoms with Gasteiger partial charge < -0.3 is 9.47 Å². The van der Waals surface area contributed by atoms with Crippen LogP contribution in [-0.4, -0.2) is 26.2 Å². The zero-order valence-corrected chi connectivity index (χ0v) is 14.2. The summed E-state index contributed by atoms with van der Waals surface area (Å²) in [6.07, 6.45) is 1.77. The Kier molecular flexibility index (Phi) is 3.90. The van der Waals surface area contributed by atoms with Crippen LogP contribution in [0.3, 0.4) is 0 Å². The van der Waals surface area contributed by atoms with Gasteiger partial charge >= 0.3 is 11.9 Å². The number of ether oxygens (including phenoxy) is 2. The highest BCUT2D eigenvalue weighted by atomic mass is 16.5. The van der Waals surface area contributed by atoms with E-state index in [1.54, 1.807) is 6.08 Å². The molecule has 0 heterocycles. The fourth-order valence-corrected chi connectivity index (χ4v) is 3.16. The SMILES string of the molecule is COC(=O)C1=C(C(=O)OC)C2=C(C)C(C)=C(C)C(C)(C)C2=C1. The molecule has 0 unspecified atom stereocenters. The molecule has 2 aliphatic rings. The first kappa shape index (κ1) is 16.3. The lowest BCUT2D eigenvalue weighted by molar-refractivity contribution is -0.138. The van der Waals surface area contributed by atoms with Crippen molar-refractivity contribution in [2.24, 2.45) is 5.41 Å². The van der Waals surface area contributed by atoms with Crippen molar-refractivity contribution < 1.29 is 19.1 Å². The van der Waals surface area contributed by atoms with Crippen LogP contribution in [0.15, 0.2) is 45.1 Å². The molecule has 0 radical (unpaired) electrons. The van der Waals surface area contributed by atoms with Gasteiger partial charge in [-0.2, -0.15) is 0 Å². The first-order valence-corrected chi connectivity index (χ1v) is 7.21. The molecule has 2 aliphatic carbocycles. The standard InChI is InChI=1S/C18H22O4/c1-9-10(2)14-13(18(4,5)11(9)3)8-12(16(19)21-6)15(14)17(20)22-7/h8H,1-7H3. The van der Waals surface area contributed by atoms with Crippen molar-refractivity contribution in [2.75, 3.05) is 14.2 Å². The van der Waals surface area contributed by atoms with Crippen LogP contribution in [-0.2, 0) is 19.1 Å². The summed E-state index contributed by atoms with van der Waals surface area (Å²) in [5.41, 5.74) is 5.47. The van der Waals surface area contributed by atoms with Gasteiger partial charge in [0.2, 0.25) is 0 Å². The maximum absolute atomic E-state index is 12.3. The predicted molar refractivity (Wildman–Crippen MR) is 84.0 cm³/mol. The molecule has 0 fully saturated rings. The number of carbonyl (C=O) groups excluding carboxylic acids is 2. The summed E-state index contributed by atoms with van der Waals surface area (Å²) < 4.78 is 9.74. The second kappa shape index (κ2) is 5.27. The number of fused-ring (bicyclic) bond motifs is 1. The molecule has 0 saturated heterocycles. The molecular formula is C18H22O4. The van der Waals surface area contributed by atoms with E-state index in [1.165, 1.54) is 19.8 Å². The Morgan fingerprint density at radius 3 is 2.00 bits per heavy atom. The fraction of sp³-hybridized carbons (Fsp3) is 0.444. The maximum atomic E-state index is 12.3. The van der Waals surface area contributed by atoms with Gasteiger partial charge in [-0.25, -0.2) is 9.59 Å². The van der Waals surface area contributed by atoms with E-state index in [9.17, 15) is 9.59 Å². The van der Waals surface area contributed by atoms with Gasteiger partial charge in [-0.15, -0.1) is 0 Å². The maximum Gasteiger partial charge on any atom is 0.339 e. The fourth-order valence-electron chi connectivity index (χ4n) is 3.16. The van der Waals surface area contributed by atoms with Crippen molar-refractivity contribution in [1.82, 2.24) is 0 Å². The summed E-state index contributed by atoms with van der Waals surface area (Å²) in [6, 6.07) is 0. The van der Waals surface area contributed by atoms with E-state index >= 15 is 0 Å². The Labute approximate surface area is 131 Å². The molecule has 118 valence electrons. The lowest BCUT2D eigenvalue weighted by Gasteiger charge is -2.36. The van der Waals surface area contributed by atoms with Crippen LogP contribution >= 0.6 is 0 Å². The minimum Gasteiger partial charge on any atom is -0.465 e. The molecule has 4 heteroatoms. The summed E-state index contributed by atoms with van der Waals surface area (Å²) in [6.45, 7) is 10.3. The van der Waals surface area contributed by atoms with Crippen LogP contribution in [0.2, 0.25) is 0 Å². The van der Waals surface area contributed by atoms with E-state index < -0.39 is 11.9 Å². The van der Waals surface area contributed by atoms with Crippen LogP contribution in [0, 0.1) is 5.41 Å². The van der Waals surface area contributed by atoms with E-state index in [1.807, 2.05) is 13.8 Å². The molecule has 0 aromatic heterocycles. The zero-order chi connectivity index (χ0) is 16.8. The number of carbonyl (C=O) groups is 2. The highest BCUT2D eigenvalue weighted by Gasteiger charge is 2.42. The summed E-state index contributed by atoms with van der Waals surface area (Å²) in [5, 5.41) is 0. The Balaban J connectivity index is 2.81. The number of rotatable bonds is 2. The van der Waals surface area contributed by atoms with Crippen molar-refractivity contribution in [3.63, 3.8) is 0 Å². The molecule has 0 aromatic rings. The van der Waals surface area contributed by atoms with E-state index in [0.29, 0.717) is 5.57 Å². The summed E-state index contributed by atoms with van der Waals surface area (Å²) >= 11 is 0. The zero-order valence-electron chi connectivity index (χ0n) is 14.2. The largest absolute Gasteiger partial charge is 0.465 e. The summed E-state index contributed by atoms with van der Waals surface area (Å²) in [7, 11) is 2.63. The van der Waals surface area contributed by atoms with E-state index in [4.69, 9.17) is 9.47 Å². The highest BCUT2D eigenvalue weighted by molar-refractivity contribution is 6.09. The van der Waals surface area contributed by atoms with E-state index in [0.717, 1.165) is 22.3 Å². The molecule has 4 nitrogen and oxygen atoms in total. The molecule has 0 saturated carbocycles. The molecule has 22 heavy (non-hydrogen) atoms. The van der Waals surface area contributed by atoms with Gasteiger partial charge in [-0.3, -0.25) is 0 Å². The number of methoxy groups -OCH3 is 2. The van der Waals surface area contributed by atoms with Gasteiger partial charge in [0.25, 0.3) is 0 Å². The molecule has 0 atom stereocenters. The summed E-state index contributed by atoms with van der Waals surface area (Å²) in [4.78, 5) is 24.4. The third-order valence-corrected chi connectivity index (χ3v) is 4.98. The highest BCUT2D eigenvalue weighted by Crippen LogP contribution is 2.52. The topological polar surface area (TPSA) is 52.6 Å². The van der Waals surface area contributed by atoms with Crippen LogP contribution in [0.4, 0.5) is 0 Å².